The van der Waals surface area contributed by atoms with E-state index in [1.807, 2.05) is 43.3 Å². The van der Waals surface area contributed by atoms with Gasteiger partial charge >= 0.3 is 6.03 Å². The summed E-state index contributed by atoms with van der Waals surface area (Å²) >= 11 is 6.06. The molecule has 0 spiro atoms. The summed E-state index contributed by atoms with van der Waals surface area (Å²) in [7, 11) is 0. The van der Waals surface area contributed by atoms with Gasteiger partial charge in [-0.25, -0.2) is 4.79 Å². The fourth-order valence-electron chi connectivity index (χ4n) is 2.76. The molecule has 0 bridgehead atoms. The number of carbonyl (C=O) groups is 1. The van der Waals surface area contributed by atoms with Crippen molar-refractivity contribution in [3.8, 4) is 0 Å². The number of anilines is 3. The molecule has 2 N–H and O–H groups in total. The number of rotatable bonds is 3. The predicted molar refractivity (Wildman–Crippen MR) is 96.7 cm³/mol. The number of hydrogen-bond acceptors (Lipinski definition) is 2. The van der Waals surface area contributed by atoms with Crippen LogP contribution in [0.3, 0.4) is 0 Å². The van der Waals surface area contributed by atoms with Crippen molar-refractivity contribution in [2.45, 2.75) is 19.8 Å². The lowest BCUT2D eigenvalue weighted by atomic mass is 10.2. The Balaban J connectivity index is 1.62. The highest BCUT2D eigenvalue weighted by molar-refractivity contribution is 6.31. The third kappa shape index (κ3) is 3.77. The molecule has 1 heterocycles. The maximum atomic E-state index is 12.1. The van der Waals surface area contributed by atoms with Gasteiger partial charge in [-0.2, -0.15) is 0 Å². The number of urea groups is 1. The molecule has 0 radical (unpaired) electrons. The van der Waals surface area contributed by atoms with E-state index in [0.29, 0.717) is 10.7 Å². The van der Waals surface area contributed by atoms with Gasteiger partial charge in [0.2, 0.25) is 0 Å². The Hall–Kier alpha value is -2.20. The largest absolute Gasteiger partial charge is 0.372 e. The van der Waals surface area contributed by atoms with Crippen molar-refractivity contribution in [2.24, 2.45) is 0 Å². The first-order valence-corrected chi connectivity index (χ1v) is 8.19. The van der Waals surface area contributed by atoms with Crippen molar-refractivity contribution < 1.29 is 4.79 Å². The second kappa shape index (κ2) is 6.92. The summed E-state index contributed by atoms with van der Waals surface area (Å²) in [6.07, 6.45) is 2.50. The molecule has 0 aromatic heterocycles. The van der Waals surface area contributed by atoms with Crippen LogP contribution in [0.25, 0.3) is 0 Å². The van der Waals surface area contributed by atoms with Gasteiger partial charge in [0.15, 0.2) is 0 Å². The van der Waals surface area contributed by atoms with Crippen LogP contribution in [0, 0.1) is 6.92 Å². The summed E-state index contributed by atoms with van der Waals surface area (Å²) in [5.74, 6) is 0. The lowest BCUT2D eigenvalue weighted by molar-refractivity contribution is 0.262. The number of amides is 2. The maximum absolute atomic E-state index is 12.1. The third-order valence-electron chi connectivity index (χ3n) is 4.11. The van der Waals surface area contributed by atoms with E-state index >= 15 is 0 Å². The number of benzene rings is 2. The molecule has 0 unspecified atom stereocenters. The first-order chi connectivity index (χ1) is 11.1. The summed E-state index contributed by atoms with van der Waals surface area (Å²) in [5, 5.41) is 6.30. The summed E-state index contributed by atoms with van der Waals surface area (Å²) in [6.45, 7) is 4.10. The van der Waals surface area contributed by atoms with Crippen LogP contribution in [0.1, 0.15) is 18.4 Å². The zero-order valence-corrected chi connectivity index (χ0v) is 13.9. The average molecular weight is 330 g/mol. The molecule has 1 aliphatic heterocycles. The van der Waals surface area contributed by atoms with E-state index in [2.05, 4.69) is 15.5 Å². The summed E-state index contributed by atoms with van der Waals surface area (Å²) in [5.41, 5.74) is 3.54. The molecule has 1 saturated heterocycles. The number of nitrogens with one attached hydrogen (secondary N) is 2. The minimum Gasteiger partial charge on any atom is -0.372 e. The van der Waals surface area contributed by atoms with Crippen molar-refractivity contribution >= 4 is 34.7 Å². The van der Waals surface area contributed by atoms with Crippen LogP contribution in [0.4, 0.5) is 21.9 Å². The van der Waals surface area contributed by atoms with Crippen LogP contribution in [0.2, 0.25) is 5.02 Å². The van der Waals surface area contributed by atoms with Crippen LogP contribution in [-0.4, -0.2) is 19.1 Å². The number of carbonyl (C=O) groups excluding carboxylic acids is 1. The number of hydrogen-bond donors (Lipinski definition) is 2. The van der Waals surface area contributed by atoms with Gasteiger partial charge in [0.1, 0.15) is 0 Å². The highest BCUT2D eigenvalue weighted by Gasteiger charge is 2.12. The van der Waals surface area contributed by atoms with Crippen molar-refractivity contribution in [2.75, 3.05) is 28.6 Å². The van der Waals surface area contributed by atoms with Crippen LogP contribution in [-0.2, 0) is 0 Å². The van der Waals surface area contributed by atoms with Crippen molar-refractivity contribution in [1.29, 1.82) is 0 Å². The van der Waals surface area contributed by atoms with Gasteiger partial charge in [-0.05, 0) is 61.7 Å². The second-order valence-electron chi connectivity index (χ2n) is 5.73. The highest BCUT2D eigenvalue weighted by atomic mass is 35.5. The Kier molecular flexibility index (Phi) is 4.72. The van der Waals surface area contributed by atoms with E-state index in [1.54, 1.807) is 6.07 Å². The smallest absolute Gasteiger partial charge is 0.323 e. The molecule has 1 fully saturated rings. The lowest BCUT2D eigenvalue weighted by Gasteiger charge is -2.18. The molecule has 0 saturated carbocycles. The Morgan fingerprint density at radius 1 is 1.04 bits per heavy atom. The molecule has 2 aromatic rings. The molecule has 2 amide bonds. The number of nitrogens with zero attached hydrogens (tertiary/aromatic N) is 1. The maximum Gasteiger partial charge on any atom is 0.323 e. The first-order valence-electron chi connectivity index (χ1n) is 7.81. The second-order valence-corrected chi connectivity index (χ2v) is 6.14. The van der Waals surface area contributed by atoms with E-state index in [4.69, 9.17) is 11.6 Å². The predicted octanol–water partition coefficient (Wildman–Crippen LogP) is 4.89. The fourth-order valence-corrected chi connectivity index (χ4v) is 2.93. The normalized spacial score (nSPS) is 13.9. The van der Waals surface area contributed by atoms with Gasteiger partial charge in [0.05, 0.1) is 0 Å². The van der Waals surface area contributed by atoms with Crippen LogP contribution in [0.5, 0.6) is 0 Å². The Labute approximate surface area is 141 Å². The molecular formula is C18H20ClN3O. The molecular weight excluding hydrogens is 310 g/mol. The standard InChI is InChI=1S/C18H20ClN3O/c1-13-16(19)5-4-6-17(13)21-18(23)20-14-7-9-15(10-8-14)22-11-2-3-12-22/h4-10H,2-3,11-12H2,1H3,(H2,20,21,23). The van der Waals surface area contributed by atoms with Gasteiger partial charge in [-0.3, -0.25) is 0 Å². The number of halogens is 1. The lowest BCUT2D eigenvalue weighted by Crippen LogP contribution is -2.20. The molecule has 4 nitrogen and oxygen atoms in total. The molecule has 1 aliphatic rings. The van der Waals surface area contributed by atoms with Gasteiger partial charge in [0, 0.05) is 35.2 Å². The SMILES string of the molecule is Cc1c(Cl)cccc1NC(=O)Nc1ccc(N2CCCC2)cc1. The van der Waals surface area contributed by atoms with Gasteiger partial charge < -0.3 is 15.5 Å². The van der Waals surface area contributed by atoms with Crippen LogP contribution < -0.4 is 15.5 Å². The highest BCUT2D eigenvalue weighted by Crippen LogP contribution is 2.24. The fraction of sp³-hybridized carbons (Fsp3) is 0.278. The molecule has 0 atom stereocenters. The average Bonchev–Trinajstić information content (AvgIpc) is 3.07. The topological polar surface area (TPSA) is 44.4 Å². The summed E-state index contributed by atoms with van der Waals surface area (Å²) in [4.78, 5) is 14.5. The Bertz CT molecular complexity index is 694. The molecule has 3 rings (SSSR count). The third-order valence-corrected chi connectivity index (χ3v) is 4.52. The van der Waals surface area contributed by atoms with E-state index < -0.39 is 0 Å². The van der Waals surface area contributed by atoms with E-state index in [0.717, 1.165) is 24.3 Å². The monoisotopic (exact) mass is 329 g/mol. The van der Waals surface area contributed by atoms with Crippen LogP contribution in [0.15, 0.2) is 42.5 Å². The van der Waals surface area contributed by atoms with E-state index in [9.17, 15) is 4.79 Å². The minimum atomic E-state index is -0.274. The van der Waals surface area contributed by atoms with Crippen molar-refractivity contribution in [3.05, 3.63) is 53.1 Å². The van der Waals surface area contributed by atoms with Gasteiger partial charge in [-0.1, -0.05) is 17.7 Å². The van der Waals surface area contributed by atoms with Crippen molar-refractivity contribution in [1.82, 2.24) is 0 Å². The van der Waals surface area contributed by atoms with E-state index in [1.165, 1.54) is 18.5 Å². The van der Waals surface area contributed by atoms with Crippen molar-refractivity contribution in [3.63, 3.8) is 0 Å². The zero-order valence-electron chi connectivity index (χ0n) is 13.1. The van der Waals surface area contributed by atoms with E-state index in [-0.39, 0.29) is 6.03 Å². The zero-order chi connectivity index (χ0) is 16.2. The molecule has 0 aliphatic carbocycles. The van der Waals surface area contributed by atoms with Gasteiger partial charge in [-0.15, -0.1) is 0 Å². The van der Waals surface area contributed by atoms with Crippen LogP contribution >= 0.6 is 11.6 Å². The summed E-state index contributed by atoms with van der Waals surface area (Å²) < 4.78 is 0. The molecule has 2 aromatic carbocycles. The molecule has 23 heavy (non-hydrogen) atoms. The molecule has 120 valence electrons. The minimum absolute atomic E-state index is 0.274. The molecule has 5 heteroatoms. The Morgan fingerprint density at radius 2 is 1.74 bits per heavy atom. The quantitative estimate of drug-likeness (QED) is 0.841. The van der Waals surface area contributed by atoms with Gasteiger partial charge in [0.25, 0.3) is 0 Å². The Morgan fingerprint density at radius 3 is 2.43 bits per heavy atom. The first kappa shape index (κ1) is 15.7. The summed E-state index contributed by atoms with van der Waals surface area (Å²) in [6, 6.07) is 13.1.